The van der Waals surface area contributed by atoms with Gasteiger partial charge in [-0.2, -0.15) is 4.98 Å². The lowest BCUT2D eigenvalue weighted by Gasteiger charge is -2.33. The fourth-order valence-electron chi connectivity index (χ4n) is 4.18. The van der Waals surface area contributed by atoms with Crippen LogP contribution in [0.15, 0.2) is 42.6 Å². The van der Waals surface area contributed by atoms with Crippen LogP contribution in [0, 0.1) is 19.7 Å². The molecule has 164 valence electrons. The second-order valence-electron chi connectivity index (χ2n) is 8.07. The summed E-state index contributed by atoms with van der Waals surface area (Å²) in [6.07, 6.45) is 3.75. The third kappa shape index (κ3) is 4.10. The second kappa shape index (κ2) is 8.35. The molecule has 5 rings (SSSR count). The summed E-state index contributed by atoms with van der Waals surface area (Å²) in [4.78, 5) is 15.9. The van der Waals surface area contributed by atoms with E-state index >= 15 is 0 Å². The van der Waals surface area contributed by atoms with E-state index < -0.39 is 0 Å². The number of nitrogens with zero attached hydrogens (tertiary/aromatic N) is 6. The van der Waals surface area contributed by atoms with Crippen molar-refractivity contribution in [1.29, 1.82) is 0 Å². The molecular formula is C23H23ClFN7. The molecule has 7 nitrogen and oxygen atoms in total. The zero-order chi connectivity index (χ0) is 22.2. The molecule has 1 aliphatic rings. The Morgan fingerprint density at radius 1 is 1.03 bits per heavy atom. The summed E-state index contributed by atoms with van der Waals surface area (Å²) in [5.41, 5.74) is 3.19. The highest BCUT2D eigenvalue weighted by Gasteiger charge is 2.22. The maximum absolute atomic E-state index is 13.5. The number of pyridine rings is 1. The average Bonchev–Trinajstić information content (AvgIpc) is 3.16. The molecule has 0 atom stereocenters. The summed E-state index contributed by atoms with van der Waals surface area (Å²) in [5, 5.41) is 8.40. The minimum Gasteiger partial charge on any atom is -0.356 e. The van der Waals surface area contributed by atoms with Crippen molar-refractivity contribution in [2.24, 2.45) is 0 Å². The highest BCUT2D eigenvalue weighted by molar-refractivity contribution is 6.33. The number of aryl methyl sites for hydroxylation is 2. The molecule has 1 aliphatic heterocycles. The topological polar surface area (TPSA) is 71.2 Å². The largest absolute Gasteiger partial charge is 0.356 e. The number of piperidine rings is 1. The third-order valence-electron chi connectivity index (χ3n) is 5.69. The maximum Gasteiger partial charge on any atom is 0.243 e. The Balaban J connectivity index is 1.32. The van der Waals surface area contributed by atoms with Gasteiger partial charge in [0.2, 0.25) is 5.95 Å². The van der Waals surface area contributed by atoms with Gasteiger partial charge in [0.1, 0.15) is 17.5 Å². The number of rotatable bonds is 4. The molecule has 0 aliphatic carbocycles. The third-order valence-corrected chi connectivity index (χ3v) is 6.00. The van der Waals surface area contributed by atoms with Crippen molar-refractivity contribution in [3.63, 3.8) is 0 Å². The van der Waals surface area contributed by atoms with Crippen molar-refractivity contribution in [2.45, 2.75) is 32.7 Å². The Morgan fingerprint density at radius 2 is 1.84 bits per heavy atom. The molecular weight excluding hydrogens is 429 g/mol. The fraction of sp³-hybridized carbons (Fsp3) is 0.304. The van der Waals surface area contributed by atoms with Crippen LogP contribution in [0.3, 0.4) is 0 Å². The maximum atomic E-state index is 13.5. The molecule has 1 N–H and O–H groups in total. The molecule has 0 spiro atoms. The number of hydrogen-bond acceptors (Lipinski definition) is 6. The molecule has 4 heterocycles. The van der Waals surface area contributed by atoms with Crippen LogP contribution in [0.2, 0.25) is 5.02 Å². The number of halogens is 2. The minimum atomic E-state index is -0.367. The van der Waals surface area contributed by atoms with E-state index in [0.29, 0.717) is 16.6 Å². The molecule has 3 aromatic heterocycles. The first-order valence-electron chi connectivity index (χ1n) is 10.6. The summed E-state index contributed by atoms with van der Waals surface area (Å²) < 4.78 is 15.2. The van der Waals surface area contributed by atoms with Gasteiger partial charge in [-0.1, -0.05) is 11.6 Å². The average molecular weight is 452 g/mol. The number of benzene rings is 1. The van der Waals surface area contributed by atoms with E-state index in [-0.39, 0.29) is 11.9 Å². The molecule has 1 aromatic carbocycles. The van der Waals surface area contributed by atoms with Gasteiger partial charge in [-0.25, -0.2) is 18.9 Å². The molecule has 0 saturated carbocycles. The van der Waals surface area contributed by atoms with Crippen LogP contribution in [-0.2, 0) is 0 Å². The lowest BCUT2D eigenvalue weighted by atomic mass is 10.1. The van der Waals surface area contributed by atoms with Gasteiger partial charge in [0.15, 0.2) is 5.65 Å². The Labute approximate surface area is 190 Å². The van der Waals surface area contributed by atoms with Crippen LogP contribution >= 0.6 is 11.6 Å². The first kappa shape index (κ1) is 20.6. The van der Waals surface area contributed by atoms with Gasteiger partial charge in [0.25, 0.3) is 0 Å². The quantitative estimate of drug-likeness (QED) is 0.486. The van der Waals surface area contributed by atoms with E-state index in [0.717, 1.165) is 54.4 Å². The predicted molar refractivity (Wildman–Crippen MR) is 124 cm³/mol. The SMILES string of the molecule is Cc1cc(N2CCC(Nc3nc4c(-c5ccc(F)cc5Cl)cccn4n3)CC2)nc(C)n1. The van der Waals surface area contributed by atoms with E-state index in [1.54, 1.807) is 10.6 Å². The highest BCUT2D eigenvalue weighted by Crippen LogP contribution is 2.31. The van der Waals surface area contributed by atoms with Crippen molar-refractivity contribution < 1.29 is 4.39 Å². The van der Waals surface area contributed by atoms with Gasteiger partial charge in [0, 0.05) is 48.2 Å². The summed E-state index contributed by atoms with van der Waals surface area (Å²) in [6, 6.07) is 10.5. The van der Waals surface area contributed by atoms with Gasteiger partial charge in [-0.3, -0.25) is 0 Å². The van der Waals surface area contributed by atoms with Gasteiger partial charge in [-0.05, 0) is 57.0 Å². The Kier molecular flexibility index (Phi) is 5.38. The lowest BCUT2D eigenvalue weighted by molar-refractivity contribution is 0.520. The Hall–Kier alpha value is -3.26. The Morgan fingerprint density at radius 3 is 2.59 bits per heavy atom. The Bertz CT molecular complexity index is 1260. The molecule has 0 bridgehead atoms. The van der Waals surface area contributed by atoms with Gasteiger partial charge < -0.3 is 10.2 Å². The fourth-order valence-corrected chi connectivity index (χ4v) is 4.45. The van der Waals surface area contributed by atoms with E-state index in [1.165, 1.54) is 12.1 Å². The van der Waals surface area contributed by atoms with Crippen molar-refractivity contribution in [2.75, 3.05) is 23.3 Å². The molecule has 0 radical (unpaired) electrons. The summed E-state index contributed by atoms with van der Waals surface area (Å²) in [6.45, 7) is 5.72. The van der Waals surface area contributed by atoms with Crippen LogP contribution < -0.4 is 10.2 Å². The second-order valence-corrected chi connectivity index (χ2v) is 8.48. The smallest absolute Gasteiger partial charge is 0.243 e. The van der Waals surface area contributed by atoms with Crippen molar-refractivity contribution in [3.05, 3.63) is 65.0 Å². The number of anilines is 2. The molecule has 9 heteroatoms. The van der Waals surface area contributed by atoms with Crippen molar-refractivity contribution in [1.82, 2.24) is 24.6 Å². The monoisotopic (exact) mass is 451 g/mol. The van der Waals surface area contributed by atoms with E-state index in [1.807, 2.05) is 38.2 Å². The standard InChI is InChI=1S/C23H23ClFN7/c1-14-12-21(27-15(2)26-14)31-10-7-17(8-11-31)28-23-29-22-19(4-3-9-32(22)30-23)18-6-5-16(25)13-20(18)24/h3-6,9,12-13,17H,7-8,10-11H2,1-2H3,(H,28,30). The molecule has 1 saturated heterocycles. The zero-order valence-corrected chi connectivity index (χ0v) is 18.6. The molecule has 1 fully saturated rings. The number of fused-ring (bicyclic) bond motifs is 1. The van der Waals surface area contributed by atoms with Gasteiger partial charge in [-0.15, -0.1) is 5.10 Å². The molecule has 0 amide bonds. The van der Waals surface area contributed by atoms with E-state index in [2.05, 4.69) is 25.3 Å². The molecule has 4 aromatic rings. The van der Waals surface area contributed by atoms with Gasteiger partial charge >= 0.3 is 0 Å². The predicted octanol–water partition coefficient (Wildman–Crippen LogP) is 4.68. The van der Waals surface area contributed by atoms with Crippen LogP contribution in [0.25, 0.3) is 16.8 Å². The summed E-state index contributed by atoms with van der Waals surface area (Å²) >= 11 is 6.28. The zero-order valence-electron chi connectivity index (χ0n) is 17.9. The van der Waals surface area contributed by atoms with Crippen LogP contribution in [0.1, 0.15) is 24.4 Å². The van der Waals surface area contributed by atoms with E-state index in [9.17, 15) is 4.39 Å². The summed E-state index contributed by atoms with van der Waals surface area (Å²) in [5.74, 6) is 1.99. The van der Waals surface area contributed by atoms with Crippen molar-refractivity contribution in [3.8, 4) is 11.1 Å². The van der Waals surface area contributed by atoms with Crippen LogP contribution in [0.4, 0.5) is 16.2 Å². The number of nitrogens with one attached hydrogen (secondary N) is 1. The van der Waals surface area contributed by atoms with E-state index in [4.69, 9.17) is 16.6 Å². The van der Waals surface area contributed by atoms with Crippen LogP contribution in [-0.4, -0.2) is 43.7 Å². The molecule has 32 heavy (non-hydrogen) atoms. The van der Waals surface area contributed by atoms with Gasteiger partial charge in [0.05, 0.1) is 5.02 Å². The number of aromatic nitrogens is 5. The first-order chi connectivity index (χ1) is 15.5. The first-order valence-corrected chi connectivity index (χ1v) is 11.0. The summed E-state index contributed by atoms with van der Waals surface area (Å²) in [7, 11) is 0. The van der Waals surface area contributed by atoms with Crippen molar-refractivity contribution >= 4 is 29.0 Å². The highest BCUT2D eigenvalue weighted by atomic mass is 35.5. The minimum absolute atomic E-state index is 0.269. The van der Waals surface area contributed by atoms with Crippen LogP contribution in [0.5, 0.6) is 0 Å². The number of hydrogen-bond donors (Lipinski definition) is 1. The molecule has 0 unspecified atom stereocenters. The lowest BCUT2D eigenvalue weighted by Crippen LogP contribution is -2.39. The normalized spacial score (nSPS) is 14.8.